The van der Waals surface area contributed by atoms with Gasteiger partial charge in [0, 0.05) is 12.2 Å². The summed E-state index contributed by atoms with van der Waals surface area (Å²) < 4.78 is 5.39. The third-order valence-electron chi connectivity index (χ3n) is 3.92. The second-order valence-corrected chi connectivity index (χ2v) is 6.01. The summed E-state index contributed by atoms with van der Waals surface area (Å²) in [4.78, 5) is 14.5. The lowest BCUT2D eigenvalue weighted by atomic mass is 10.1. The number of nitrogens with one attached hydrogen (secondary N) is 1. The largest absolute Gasteiger partial charge is 0.467 e. The first-order valence-corrected chi connectivity index (χ1v) is 8.54. The summed E-state index contributed by atoms with van der Waals surface area (Å²) in [6.45, 7) is 5.34. The molecule has 0 spiro atoms. The van der Waals surface area contributed by atoms with E-state index in [4.69, 9.17) is 4.42 Å². The van der Waals surface area contributed by atoms with Gasteiger partial charge in [-0.1, -0.05) is 39.0 Å². The summed E-state index contributed by atoms with van der Waals surface area (Å²) in [7, 11) is 0. The molecule has 23 heavy (non-hydrogen) atoms. The number of amides is 1. The van der Waals surface area contributed by atoms with Crippen molar-refractivity contribution in [1.29, 1.82) is 0 Å². The van der Waals surface area contributed by atoms with Gasteiger partial charge in [0.2, 0.25) is 0 Å². The molecule has 0 saturated heterocycles. The van der Waals surface area contributed by atoms with Crippen LogP contribution in [0.1, 0.15) is 67.4 Å². The summed E-state index contributed by atoms with van der Waals surface area (Å²) in [5.41, 5.74) is 1.37. The standard InChI is InChI=1S/C18H27N3O2/c1-3-4-5-6-7-8-11-21(14-16-10-9-12-23-16)18(22)17-13-15(2)19-20-17/h9-10,12-13H,3-8,11,14H2,1-2H3,(H,19,20). The minimum absolute atomic E-state index is 0.0423. The molecular formula is C18H27N3O2. The van der Waals surface area contributed by atoms with Crippen LogP contribution in [0.4, 0.5) is 0 Å². The molecule has 0 aliphatic heterocycles. The molecule has 0 atom stereocenters. The Morgan fingerprint density at radius 1 is 1.26 bits per heavy atom. The van der Waals surface area contributed by atoms with Crippen molar-refractivity contribution in [3.63, 3.8) is 0 Å². The van der Waals surface area contributed by atoms with Crippen molar-refractivity contribution in [2.24, 2.45) is 0 Å². The maximum Gasteiger partial charge on any atom is 0.274 e. The van der Waals surface area contributed by atoms with E-state index in [0.29, 0.717) is 12.2 Å². The fourth-order valence-corrected chi connectivity index (χ4v) is 2.62. The van der Waals surface area contributed by atoms with Crippen molar-refractivity contribution in [1.82, 2.24) is 15.1 Å². The van der Waals surface area contributed by atoms with Crippen LogP contribution in [0.5, 0.6) is 0 Å². The first-order valence-electron chi connectivity index (χ1n) is 8.54. The van der Waals surface area contributed by atoms with Crippen LogP contribution in [0.15, 0.2) is 28.9 Å². The van der Waals surface area contributed by atoms with E-state index in [2.05, 4.69) is 17.1 Å². The highest BCUT2D eigenvalue weighted by Gasteiger charge is 2.19. The fraction of sp³-hybridized carbons (Fsp3) is 0.556. The lowest BCUT2D eigenvalue weighted by Crippen LogP contribution is -2.31. The van der Waals surface area contributed by atoms with Gasteiger partial charge in [0.05, 0.1) is 12.8 Å². The van der Waals surface area contributed by atoms with E-state index < -0.39 is 0 Å². The van der Waals surface area contributed by atoms with Crippen molar-refractivity contribution in [3.8, 4) is 0 Å². The Balaban J connectivity index is 1.90. The second kappa shape index (κ2) is 9.18. The molecule has 2 aromatic rings. The average Bonchev–Trinajstić information content (AvgIpc) is 3.20. The Labute approximate surface area is 138 Å². The second-order valence-electron chi connectivity index (χ2n) is 6.01. The van der Waals surface area contributed by atoms with Gasteiger partial charge < -0.3 is 9.32 Å². The van der Waals surface area contributed by atoms with Crippen molar-refractivity contribution in [3.05, 3.63) is 41.6 Å². The summed E-state index contributed by atoms with van der Waals surface area (Å²) in [6.07, 6.45) is 8.87. The molecule has 0 aliphatic carbocycles. The monoisotopic (exact) mass is 317 g/mol. The molecule has 0 fully saturated rings. The number of aromatic nitrogens is 2. The number of nitrogens with zero attached hydrogens (tertiary/aromatic N) is 2. The van der Waals surface area contributed by atoms with Gasteiger partial charge in [-0.05, 0) is 31.5 Å². The topological polar surface area (TPSA) is 62.1 Å². The predicted octanol–water partition coefficient (Wildman–Crippen LogP) is 4.31. The first kappa shape index (κ1) is 17.3. The van der Waals surface area contributed by atoms with Gasteiger partial charge in [-0.2, -0.15) is 5.10 Å². The smallest absolute Gasteiger partial charge is 0.274 e. The maximum absolute atomic E-state index is 12.7. The van der Waals surface area contributed by atoms with Crippen LogP contribution in [0, 0.1) is 6.92 Å². The number of rotatable bonds is 10. The number of H-pyrrole nitrogens is 1. The lowest BCUT2D eigenvalue weighted by Gasteiger charge is -2.20. The molecule has 126 valence electrons. The number of aryl methyl sites for hydroxylation is 1. The molecule has 0 radical (unpaired) electrons. The first-order chi connectivity index (χ1) is 11.2. The molecule has 1 amide bonds. The molecule has 2 heterocycles. The highest BCUT2D eigenvalue weighted by atomic mass is 16.3. The molecule has 2 rings (SSSR count). The Morgan fingerprint density at radius 2 is 2.04 bits per heavy atom. The van der Waals surface area contributed by atoms with E-state index in [1.807, 2.05) is 24.0 Å². The van der Waals surface area contributed by atoms with E-state index in [1.54, 1.807) is 12.3 Å². The quantitative estimate of drug-likeness (QED) is 0.664. The highest BCUT2D eigenvalue weighted by molar-refractivity contribution is 5.92. The van der Waals surface area contributed by atoms with Crippen LogP contribution in [0.3, 0.4) is 0 Å². The molecule has 0 aromatic carbocycles. The van der Waals surface area contributed by atoms with Gasteiger partial charge >= 0.3 is 0 Å². The molecule has 5 nitrogen and oxygen atoms in total. The van der Waals surface area contributed by atoms with E-state index in [9.17, 15) is 4.79 Å². The minimum Gasteiger partial charge on any atom is -0.467 e. The molecule has 5 heteroatoms. The number of hydrogen-bond donors (Lipinski definition) is 1. The van der Waals surface area contributed by atoms with Gasteiger partial charge in [0.15, 0.2) is 0 Å². The predicted molar refractivity (Wildman–Crippen MR) is 90.1 cm³/mol. The number of carbonyl (C=O) groups excluding carboxylic acids is 1. The third kappa shape index (κ3) is 5.58. The Hall–Kier alpha value is -2.04. The number of furan rings is 1. The van der Waals surface area contributed by atoms with Crippen LogP contribution < -0.4 is 0 Å². The van der Waals surface area contributed by atoms with E-state index >= 15 is 0 Å². The Morgan fingerprint density at radius 3 is 2.70 bits per heavy atom. The molecule has 0 aliphatic rings. The lowest BCUT2D eigenvalue weighted by molar-refractivity contribution is 0.0722. The fourth-order valence-electron chi connectivity index (χ4n) is 2.62. The molecule has 2 aromatic heterocycles. The number of carbonyl (C=O) groups is 1. The summed E-state index contributed by atoms with van der Waals surface area (Å²) in [5.74, 6) is 0.760. The molecular weight excluding hydrogens is 290 g/mol. The number of aromatic amines is 1. The SMILES string of the molecule is CCCCCCCCN(Cc1ccco1)C(=O)c1cc(C)[nH]n1. The Bertz CT molecular complexity index is 575. The van der Waals surface area contributed by atoms with Gasteiger partial charge in [-0.25, -0.2) is 0 Å². The average molecular weight is 317 g/mol. The van der Waals surface area contributed by atoms with Crippen molar-refractivity contribution >= 4 is 5.91 Å². The van der Waals surface area contributed by atoms with Crippen molar-refractivity contribution < 1.29 is 9.21 Å². The molecule has 0 bridgehead atoms. The van der Waals surface area contributed by atoms with Gasteiger partial charge in [0.25, 0.3) is 5.91 Å². The molecule has 1 N–H and O–H groups in total. The van der Waals surface area contributed by atoms with Crippen LogP contribution in [-0.2, 0) is 6.54 Å². The zero-order chi connectivity index (χ0) is 16.5. The number of unbranched alkanes of at least 4 members (excludes halogenated alkanes) is 5. The summed E-state index contributed by atoms with van der Waals surface area (Å²) >= 11 is 0. The van der Waals surface area contributed by atoms with Crippen LogP contribution in [-0.4, -0.2) is 27.5 Å². The normalized spacial score (nSPS) is 10.9. The van der Waals surface area contributed by atoms with Gasteiger partial charge in [-0.3, -0.25) is 9.89 Å². The number of hydrogen-bond acceptors (Lipinski definition) is 3. The van der Waals surface area contributed by atoms with E-state index in [1.165, 1.54) is 25.7 Å². The highest BCUT2D eigenvalue weighted by Crippen LogP contribution is 2.13. The van der Waals surface area contributed by atoms with Crippen LogP contribution >= 0.6 is 0 Å². The van der Waals surface area contributed by atoms with E-state index in [-0.39, 0.29) is 5.91 Å². The molecule has 0 saturated carbocycles. The van der Waals surface area contributed by atoms with Crippen LogP contribution in [0.2, 0.25) is 0 Å². The minimum atomic E-state index is -0.0423. The summed E-state index contributed by atoms with van der Waals surface area (Å²) in [6, 6.07) is 5.54. The maximum atomic E-state index is 12.7. The zero-order valence-corrected chi connectivity index (χ0v) is 14.2. The molecule has 0 unspecified atom stereocenters. The third-order valence-corrected chi connectivity index (χ3v) is 3.92. The Kier molecular flexibility index (Phi) is 6.91. The van der Waals surface area contributed by atoms with Gasteiger partial charge in [-0.15, -0.1) is 0 Å². The van der Waals surface area contributed by atoms with Gasteiger partial charge in [0.1, 0.15) is 11.5 Å². The zero-order valence-electron chi connectivity index (χ0n) is 14.2. The van der Waals surface area contributed by atoms with Crippen molar-refractivity contribution in [2.75, 3.05) is 6.54 Å². The van der Waals surface area contributed by atoms with Crippen molar-refractivity contribution in [2.45, 2.75) is 58.9 Å². The summed E-state index contributed by atoms with van der Waals surface area (Å²) in [5, 5.41) is 6.92. The van der Waals surface area contributed by atoms with E-state index in [0.717, 1.165) is 30.8 Å². The van der Waals surface area contributed by atoms with Crippen LogP contribution in [0.25, 0.3) is 0 Å².